The highest BCUT2D eigenvalue weighted by molar-refractivity contribution is 7.71. The van der Waals surface area contributed by atoms with Gasteiger partial charge in [-0.05, 0) is 31.4 Å². The molecular weight excluding hydrogens is 250 g/mol. The number of benzene rings is 1. The first-order chi connectivity index (χ1) is 8.15. The lowest BCUT2D eigenvalue weighted by molar-refractivity contribution is 0.787. The molecule has 0 unspecified atom stereocenters. The average Bonchev–Trinajstić information content (AvgIpc) is 2.31. The SMILES string of the molecule is CCCCc1c(C)[nH]c2c(Cl)cccc2c1=S. The van der Waals surface area contributed by atoms with Crippen LogP contribution in [-0.2, 0) is 6.42 Å². The Hall–Kier alpha value is -0.860. The number of H-pyrrole nitrogens is 1. The summed E-state index contributed by atoms with van der Waals surface area (Å²) in [6.07, 6.45) is 3.40. The molecule has 3 heteroatoms. The Morgan fingerprint density at radius 1 is 1.35 bits per heavy atom. The molecule has 90 valence electrons. The van der Waals surface area contributed by atoms with Crippen molar-refractivity contribution in [3.05, 3.63) is 39.0 Å². The lowest BCUT2D eigenvalue weighted by Gasteiger charge is -2.10. The molecule has 0 bridgehead atoms. The van der Waals surface area contributed by atoms with E-state index in [9.17, 15) is 0 Å². The van der Waals surface area contributed by atoms with E-state index < -0.39 is 0 Å². The van der Waals surface area contributed by atoms with Crippen molar-refractivity contribution < 1.29 is 0 Å². The monoisotopic (exact) mass is 265 g/mol. The zero-order valence-electron chi connectivity index (χ0n) is 10.1. The maximum atomic E-state index is 6.18. The standard InChI is InChI=1S/C14H16ClNS/c1-3-4-6-10-9(2)16-13-11(14(10)17)7-5-8-12(13)15/h5,7-8H,3-4,6H2,1-2H3,(H,16,17). The fourth-order valence-corrected chi connectivity index (χ4v) is 2.74. The van der Waals surface area contributed by atoms with Gasteiger partial charge in [0, 0.05) is 11.1 Å². The Kier molecular flexibility index (Phi) is 3.85. The summed E-state index contributed by atoms with van der Waals surface area (Å²) in [5.74, 6) is 0. The maximum Gasteiger partial charge on any atom is 0.0659 e. The number of hydrogen-bond donors (Lipinski definition) is 1. The zero-order chi connectivity index (χ0) is 12.4. The van der Waals surface area contributed by atoms with Gasteiger partial charge in [-0.15, -0.1) is 0 Å². The molecule has 0 saturated heterocycles. The lowest BCUT2D eigenvalue weighted by Crippen LogP contribution is -1.96. The smallest absolute Gasteiger partial charge is 0.0659 e. The number of halogens is 1. The van der Waals surface area contributed by atoms with Crippen LogP contribution in [0.2, 0.25) is 5.02 Å². The van der Waals surface area contributed by atoms with Gasteiger partial charge in [-0.25, -0.2) is 0 Å². The van der Waals surface area contributed by atoms with E-state index in [1.165, 1.54) is 18.4 Å². The third kappa shape index (κ3) is 2.38. The van der Waals surface area contributed by atoms with Crippen molar-refractivity contribution >= 4 is 34.7 Å². The van der Waals surface area contributed by atoms with E-state index in [1.54, 1.807) is 0 Å². The van der Waals surface area contributed by atoms with Crippen molar-refractivity contribution in [2.24, 2.45) is 0 Å². The number of aryl methyl sites for hydroxylation is 1. The minimum absolute atomic E-state index is 0.735. The van der Waals surface area contributed by atoms with Gasteiger partial charge in [0.15, 0.2) is 0 Å². The lowest BCUT2D eigenvalue weighted by atomic mass is 10.0. The summed E-state index contributed by atoms with van der Waals surface area (Å²) in [6.45, 7) is 4.27. The van der Waals surface area contributed by atoms with Crippen LogP contribution in [0.3, 0.4) is 0 Å². The molecule has 0 atom stereocenters. The molecule has 0 radical (unpaired) electrons. The molecule has 1 N–H and O–H groups in total. The van der Waals surface area contributed by atoms with E-state index in [0.717, 1.165) is 32.6 Å². The van der Waals surface area contributed by atoms with E-state index >= 15 is 0 Å². The van der Waals surface area contributed by atoms with Crippen LogP contribution in [0.25, 0.3) is 10.9 Å². The number of hydrogen-bond acceptors (Lipinski definition) is 1. The predicted octanol–water partition coefficient (Wildman–Crippen LogP) is 5.20. The van der Waals surface area contributed by atoms with Crippen molar-refractivity contribution in [2.75, 3.05) is 0 Å². The van der Waals surface area contributed by atoms with E-state index in [2.05, 4.69) is 18.8 Å². The summed E-state index contributed by atoms with van der Waals surface area (Å²) < 4.78 is 0.951. The van der Waals surface area contributed by atoms with Gasteiger partial charge in [-0.1, -0.05) is 49.3 Å². The highest BCUT2D eigenvalue weighted by Crippen LogP contribution is 2.26. The van der Waals surface area contributed by atoms with Gasteiger partial charge in [0.1, 0.15) is 0 Å². The molecule has 0 fully saturated rings. The van der Waals surface area contributed by atoms with Crippen molar-refractivity contribution in [1.29, 1.82) is 0 Å². The van der Waals surface area contributed by atoms with Gasteiger partial charge >= 0.3 is 0 Å². The predicted molar refractivity (Wildman–Crippen MR) is 77.5 cm³/mol. The van der Waals surface area contributed by atoms with Gasteiger partial charge in [-0.2, -0.15) is 0 Å². The van der Waals surface area contributed by atoms with Crippen LogP contribution in [0.1, 0.15) is 31.0 Å². The fourth-order valence-electron chi connectivity index (χ4n) is 2.09. The zero-order valence-corrected chi connectivity index (χ0v) is 11.7. The highest BCUT2D eigenvalue weighted by atomic mass is 35.5. The van der Waals surface area contributed by atoms with Gasteiger partial charge in [0.2, 0.25) is 0 Å². The van der Waals surface area contributed by atoms with E-state index in [-0.39, 0.29) is 0 Å². The number of rotatable bonds is 3. The number of aromatic amines is 1. The first kappa shape index (κ1) is 12.6. The summed E-state index contributed by atoms with van der Waals surface area (Å²) >= 11 is 11.8. The minimum Gasteiger partial charge on any atom is -0.357 e. The van der Waals surface area contributed by atoms with Gasteiger partial charge in [0.05, 0.1) is 15.0 Å². The van der Waals surface area contributed by atoms with Crippen molar-refractivity contribution in [3.63, 3.8) is 0 Å². The number of fused-ring (bicyclic) bond motifs is 1. The summed E-state index contributed by atoms with van der Waals surface area (Å²) in [4.78, 5) is 3.38. The molecule has 1 nitrogen and oxygen atoms in total. The fraction of sp³-hybridized carbons (Fsp3) is 0.357. The summed E-state index contributed by atoms with van der Waals surface area (Å²) in [7, 11) is 0. The van der Waals surface area contributed by atoms with Crippen molar-refractivity contribution in [3.8, 4) is 0 Å². The Balaban J connectivity index is 2.68. The second-order valence-corrected chi connectivity index (χ2v) is 5.14. The van der Waals surface area contributed by atoms with Gasteiger partial charge in [-0.3, -0.25) is 0 Å². The van der Waals surface area contributed by atoms with Crippen LogP contribution in [0.15, 0.2) is 18.2 Å². The molecule has 0 amide bonds. The van der Waals surface area contributed by atoms with E-state index in [1.807, 2.05) is 18.2 Å². The molecule has 17 heavy (non-hydrogen) atoms. The highest BCUT2D eigenvalue weighted by Gasteiger charge is 2.07. The molecule has 2 aromatic rings. The summed E-state index contributed by atoms with van der Waals surface area (Å²) in [5.41, 5.74) is 3.36. The Morgan fingerprint density at radius 2 is 2.12 bits per heavy atom. The Morgan fingerprint density at radius 3 is 2.82 bits per heavy atom. The molecule has 2 rings (SSSR count). The quantitative estimate of drug-likeness (QED) is 0.754. The number of nitrogens with one attached hydrogen (secondary N) is 1. The summed E-state index contributed by atoms with van der Waals surface area (Å²) in [5, 5.41) is 1.79. The van der Waals surface area contributed by atoms with Crippen LogP contribution in [0, 0.1) is 11.4 Å². The molecule has 1 aromatic heterocycles. The molecule has 1 heterocycles. The third-order valence-corrected chi connectivity index (χ3v) is 3.86. The van der Waals surface area contributed by atoms with Gasteiger partial charge in [0.25, 0.3) is 0 Å². The second-order valence-electron chi connectivity index (χ2n) is 4.32. The summed E-state index contributed by atoms with van der Waals surface area (Å²) in [6, 6.07) is 5.88. The second kappa shape index (κ2) is 5.19. The first-order valence-electron chi connectivity index (χ1n) is 5.95. The molecule has 0 aliphatic heterocycles. The van der Waals surface area contributed by atoms with Crippen molar-refractivity contribution in [2.45, 2.75) is 33.1 Å². The Labute approximate surface area is 112 Å². The molecule has 0 aliphatic carbocycles. The topological polar surface area (TPSA) is 15.8 Å². The van der Waals surface area contributed by atoms with E-state index in [0.29, 0.717) is 0 Å². The number of unbranched alkanes of at least 4 members (excludes halogenated alkanes) is 1. The Bertz CT molecular complexity index is 601. The molecule has 0 saturated carbocycles. The van der Waals surface area contributed by atoms with E-state index in [4.69, 9.17) is 23.8 Å². The third-order valence-electron chi connectivity index (χ3n) is 3.08. The number of pyridine rings is 1. The minimum atomic E-state index is 0.735. The first-order valence-corrected chi connectivity index (χ1v) is 6.73. The average molecular weight is 266 g/mol. The molecule has 0 spiro atoms. The van der Waals surface area contributed by atoms with Crippen molar-refractivity contribution in [1.82, 2.24) is 4.98 Å². The number of aromatic nitrogens is 1. The number of para-hydroxylation sites is 1. The normalized spacial score (nSPS) is 11.0. The molecular formula is C14H16ClNS. The maximum absolute atomic E-state index is 6.18. The van der Waals surface area contributed by atoms with Gasteiger partial charge < -0.3 is 4.98 Å². The van der Waals surface area contributed by atoms with Crippen LogP contribution in [0.5, 0.6) is 0 Å². The van der Waals surface area contributed by atoms with Crippen LogP contribution in [-0.4, -0.2) is 4.98 Å². The van der Waals surface area contributed by atoms with Crippen LogP contribution >= 0.6 is 23.8 Å². The molecule has 0 aliphatic rings. The van der Waals surface area contributed by atoms with Crippen LogP contribution in [0.4, 0.5) is 0 Å². The van der Waals surface area contributed by atoms with Crippen LogP contribution < -0.4 is 0 Å². The molecule has 1 aromatic carbocycles. The largest absolute Gasteiger partial charge is 0.357 e.